The Morgan fingerprint density at radius 2 is 0.635 bits per heavy atom. The SMILES string of the molecule is c1ccc(-c2cccc(N(c3ccc(-c4cccc5c4c(-c4ccccc4)c(-c4ccccc4)c4ccccc45)cc3)c3c(-c4ccccc4)cccc3-c3ccccc3)c2)cc1. The van der Waals surface area contributed by atoms with Gasteiger partial charge < -0.3 is 4.90 Å². The predicted octanol–water partition coefficient (Wildman–Crippen LogP) is 17.5. The number of para-hydroxylation sites is 1. The van der Waals surface area contributed by atoms with Crippen LogP contribution in [0.3, 0.4) is 0 Å². The summed E-state index contributed by atoms with van der Waals surface area (Å²) in [4.78, 5) is 2.46. The van der Waals surface area contributed by atoms with Crippen molar-refractivity contribution in [2.24, 2.45) is 0 Å². The average molecular weight is 802 g/mol. The van der Waals surface area contributed by atoms with Gasteiger partial charge in [-0.2, -0.15) is 0 Å². The molecule has 0 heterocycles. The Bertz CT molecular complexity index is 3280. The molecule has 0 aliphatic heterocycles. The van der Waals surface area contributed by atoms with Crippen molar-refractivity contribution in [3.8, 4) is 66.8 Å². The van der Waals surface area contributed by atoms with Crippen molar-refractivity contribution in [1.29, 1.82) is 0 Å². The molecule has 0 N–H and O–H groups in total. The van der Waals surface area contributed by atoms with Crippen LogP contribution in [0.2, 0.25) is 0 Å². The maximum absolute atomic E-state index is 2.46. The van der Waals surface area contributed by atoms with Gasteiger partial charge in [-0.25, -0.2) is 0 Å². The molecule has 11 rings (SSSR count). The summed E-state index contributed by atoms with van der Waals surface area (Å²) in [6.45, 7) is 0. The summed E-state index contributed by atoms with van der Waals surface area (Å²) in [6, 6.07) is 94.7. The van der Waals surface area contributed by atoms with Gasteiger partial charge in [0, 0.05) is 22.5 Å². The largest absolute Gasteiger partial charge is 0.309 e. The van der Waals surface area contributed by atoms with Crippen LogP contribution in [0.15, 0.2) is 261 Å². The summed E-state index contributed by atoms with van der Waals surface area (Å²) in [5.74, 6) is 0. The number of fused-ring (bicyclic) bond motifs is 3. The lowest BCUT2D eigenvalue weighted by molar-refractivity contribution is 1.28. The molecule has 0 saturated carbocycles. The highest BCUT2D eigenvalue weighted by Gasteiger charge is 2.24. The van der Waals surface area contributed by atoms with Crippen LogP contribution in [0.5, 0.6) is 0 Å². The van der Waals surface area contributed by atoms with Crippen molar-refractivity contribution >= 4 is 38.6 Å². The predicted molar refractivity (Wildman–Crippen MR) is 269 cm³/mol. The van der Waals surface area contributed by atoms with Crippen LogP contribution >= 0.6 is 0 Å². The number of hydrogen-bond donors (Lipinski definition) is 0. The van der Waals surface area contributed by atoms with Crippen LogP contribution < -0.4 is 4.90 Å². The molecule has 0 spiro atoms. The van der Waals surface area contributed by atoms with E-state index < -0.39 is 0 Å². The van der Waals surface area contributed by atoms with E-state index in [1.807, 2.05) is 0 Å². The third-order valence-corrected chi connectivity index (χ3v) is 12.3. The second kappa shape index (κ2) is 16.7. The van der Waals surface area contributed by atoms with Gasteiger partial charge in [0.05, 0.1) is 5.69 Å². The molecule has 1 nitrogen and oxygen atoms in total. The second-order valence-electron chi connectivity index (χ2n) is 16.0. The maximum Gasteiger partial charge on any atom is 0.0618 e. The minimum absolute atomic E-state index is 1.07. The second-order valence-corrected chi connectivity index (χ2v) is 16.0. The Balaban J connectivity index is 1.16. The van der Waals surface area contributed by atoms with E-state index in [1.165, 1.54) is 60.5 Å². The van der Waals surface area contributed by atoms with Crippen molar-refractivity contribution in [3.63, 3.8) is 0 Å². The van der Waals surface area contributed by atoms with E-state index >= 15 is 0 Å². The van der Waals surface area contributed by atoms with E-state index in [4.69, 9.17) is 0 Å². The molecular formula is C62H43N. The zero-order valence-corrected chi connectivity index (χ0v) is 34.8. The summed E-state index contributed by atoms with van der Waals surface area (Å²) >= 11 is 0. The molecule has 0 aromatic heterocycles. The number of hydrogen-bond acceptors (Lipinski definition) is 1. The highest BCUT2D eigenvalue weighted by Crippen LogP contribution is 2.50. The molecule has 1 heteroatoms. The molecule has 0 atom stereocenters. The fourth-order valence-corrected chi connectivity index (χ4v) is 9.42. The van der Waals surface area contributed by atoms with E-state index in [2.05, 4.69) is 266 Å². The number of benzene rings is 11. The molecule has 0 aliphatic rings. The molecule has 0 fully saturated rings. The van der Waals surface area contributed by atoms with Gasteiger partial charge in [0.15, 0.2) is 0 Å². The molecule has 0 unspecified atom stereocenters. The quantitative estimate of drug-likeness (QED) is 0.131. The number of rotatable bonds is 9. The Hall–Kier alpha value is -8.26. The third-order valence-electron chi connectivity index (χ3n) is 12.3. The summed E-state index contributed by atoms with van der Waals surface area (Å²) in [6.07, 6.45) is 0. The molecular weight excluding hydrogens is 759 g/mol. The van der Waals surface area contributed by atoms with Crippen molar-refractivity contribution in [2.45, 2.75) is 0 Å². The molecule has 0 saturated heterocycles. The van der Waals surface area contributed by atoms with Gasteiger partial charge in [-0.05, 0) is 101 Å². The first-order valence-electron chi connectivity index (χ1n) is 21.7. The van der Waals surface area contributed by atoms with Gasteiger partial charge in [0.1, 0.15) is 0 Å². The first-order valence-corrected chi connectivity index (χ1v) is 21.7. The van der Waals surface area contributed by atoms with Gasteiger partial charge in [0.2, 0.25) is 0 Å². The molecule has 63 heavy (non-hydrogen) atoms. The van der Waals surface area contributed by atoms with Crippen molar-refractivity contribution in [2.75, 3.05) is 4.90 Å². The topological polar surface area (TPSA) is 3.24 Å². The standard InChI is InChI=1S/C62H43N/c1-6-21-44(22-7-1)50-31-18-32-52(43-50)63(62-54(45-23-8-2-9-24-45)36-20-37-55(62)46-25-10-3-11-26-46)51-41-39-47(40-42-51)53-35-19-38-58-56-33-16-17-34-57(56)59(48-27-12-4-13-28-48)60(61(53)58)49-29-14-5-15-30-49/h1-43H. The van der Waals surface area contributed by atoms with Gasteiger partial charge >= 0.3 is 0 Å². The van der Waals surface area contributed by atoms with Crippen LogP contribution in [-0.2, 0) is 0 Å². The molecule has 11 aromatic carbocycles. The first kappa shape index (κ1) is 37.7. The van der Waals surface area contributed by atoms with Gasteiger partial charge in [-0.1, -0.05) is 237 Å². The van der Waals surface area contributed by atoms with E-state index in [9.17, 15) is 0 Å². The van der Waals surface area contributed by atoms with E-state index in [0.29, 0.717) is 0 Å². The Morgan fingerprint density at radius 1 is 0.222 bits per heavy atom. The third kappa shape index (κ3) is 7.06. The Labute approximate surface area is 369 Å². The normalized spacial score (nSPS) is 11.2. The van der Waals surface area contributed by atoms with Gasteiger partial charge in [0.25, 0.3) is 0 Å². The Morgan fingerprint density at radius 3 is 1.22 bits per heavy atom. The van der Waals surface area contributed by atoms with Crippen LogP contribution in [0.25, 0.3) is 88.3 Å². The maximum atomic E-state index is 2.46. The van der Waals surface area contributed by atoms with Crippen LogP contribution in [0.4, 0.5) is 17.1 Å². The first-order chi connectivity index (χ1) is 31.3. The van der Waals surface area contributed by atoms with Crippen LogP contribution in [0.1, 0.15) is 0 Å². The molecule has 0 bridgehead atoms. The van der Waals surface area contributed by atoms with E-state index in [1.54, 1.807) is 0 Å². The number of anilines is 3. The van der Waals surface area contributed by atoms with Crippen molar-refractivity contribution in [1.82, 2.24) is 0 Å². The zero-order valence-electron chi connectivity index (χ0n) is 34.8. The molecule has 296 valence electrons. The lowest BCUT2D eigenvalue weighted by Crippen LogP contribution is -2.13. The van der Waals surface area contributed by atoms with Crippen molar-refractivity contribution < 1.29 is 0 Å². The molecule has 11 aromatic rings. The van der Waals surface area contributed by atoms with Crippen molar-refractivity contribution in [3.05, 3.63) is 261 Å². The lowest BCUT2D eigenvalue weighted by atomic mass is 9.82. The fourth-order valence-electron chi connectivity index (χ4n) is 9.42. The lowest BCUT2D eigenvalue weighted by Gasteiger charge is -2.31. The average Bonchev–Trinajstić information content (AvgIpc) is 3.37. The fraction of sp³-hybridized carbons (Fsp3) is 0. The zero-order chi connectivity index (χ0) is 42.0. The molecule has 0 aliphatic carbocycles. The van der Waals surface area contributed by atoms with E-state index in [0.717, 1.165) is 44.9 Å². The summed E-state index contributed by atoms with van der Waals surface area (Å²) < 4.78 is 0. The van der Waals surface area contributed by atoms with Gasteiger partial charge in [-0.3, -0.25) is 0 Å². The van der Waals surface area contributed by atoms with Gasteiger partial charge in [-0.15, -0.1) is 0 Å². The minimum atomic E-state index is 1.07. The Kier molecular flexibility index (Phi) is 9.97. The minimum Gasteiger partial charge on any atom is -0.309 e. The van der Waals surface area contributed by atoms with Crippen LogP contribution in [0, 0.1) is 0 Å². The molecule has 0 amide bonds. The molecule has 0 radical (unpaired) electrons. The summed E-state index contributed by atoms with van der Waals surface area (Å²) in [5, 5.41) is 5.00. The van der Waals surface area contributed by atoms with E-state index in [-0.39, 0.29) is 0 Å². The highest BCUT2D eigenvalue weighted by molar-refractivity contribution is 6.25. The smallest absolute Gasteiger partial charge is 0.0618 e. The summed E-state index contributed by atoms with van der Waals surface area (Å²) in [7, 11) is 0. The summed E-state index contributed by atoms with van der Waals surface area (Å²) in [5.41, 5.74) is 17.6. The monoisotopic (exact) mass is 801 g/mol. The number of nitrogens with zero attached hydrogens (tertiary/aromatic N) is 1. The van der Waals surface area contributed by atoms with Crippen LogP contribution in [-0.4, -0.2) is 0 Å². The highest BCUT2D eigenvalue weighted by atomic mass is 15.1.